The van der Waals surface area contributed by atoms with Crippen LogP contribution in [0.3, 0.4) is 0 Å². The molecule has 2 rings (SSSR count). The third kappa shape index (κ3) is 3.47. The van der Waals surface area contributed by atoms with E-state index < -0.39 is 11.7 Å². The maximum atomic E-state index is 12.9. The van der Waals surface area contributed by atoms with Gasteiger partial charge >= 0.3 is 6.18 Å². The van der Waals surface area contributed by atoms with E-state index in [-0.39, 0.29) is 24.0 Å². The van der Waals surface area contributed by atoms with E-state index in [9.17, 15) is 18.0 Å². The highest BCUT2D eigenvalue weighted by Gasteiger charge is 2.35. The highest BCUT2D eigenvalue weighted by molar-refractivity contribution is 5.75. The van der Waals surface area contributed by atoms with Crippen molar-refractivity contribution in [1.82, 2.24) is 0 Å². The molecule has 0 aliphatic carbocycles. The van der Waals surface area contributed by atoms with Gasteiger partial charge in [0, 0.05) is 12.2 Å². The largest absolute Gasteiger partial charge is 0.487 e. The van der Waals surface area contributed by atoms with Crippen molar-refractivity contribution in [3.63, 3.8) is 0 Å². The Bertz CT molecular complexity index is 451. The quantitative estimate of drug-likeness (QED) is 0.795. The van der Waals surface area contributed by atoms with Gasteiger partial charge in [-0.05, 0) is 31.0 Å². The summed E-state index contributed by atoms with van der Waals surface area (Å²) < 4.78 is 49.2. The van der Waals surface area contributed by atoms with Crippen molar-refractivity contribution in [3.05, 3.63) is 29.3 Å². The Kier molecular flexibility index (Phi) is 4.09. The monoisotopic (exact) mass is 274 g/mol. The molecule has 104 valence electrons. The van der Waals surface area contributed by atoms with Crippen LogP contribution in [0, 0.1) is 0 Å². The van der Waals surface area contributed by atoms with Crippen LogP contribution < -0.4 is 4.74 Å². The molecule has 0 bridgehead atoms. The van der Waals surface area contributed by atoms with Gasteiger partial charge in [-0.2, -0.15) is 13.2 Å². The first kappa shape index (κ1) is 13.9. The lowest BCUT2D eigenvalue weighted by Gasteiger charge is -2.25. The van der Waals surface area contributed by atoms with Gasteiger partial charge in [0.2, 0.25) is 0 Å². The number of benzene rings is 1. The molecule has 0 radical (unpaired) electrons. The van der Waals surface area contributed by atoms with Crippen LogP contribution in [0.4, 0.5) is 13.2 Å². The maximum absolute atomic E-state index is 12.9. The average molecular weight is 274 g/mol. The van der Waals surface area contributed by atoms with Gasteiger partial charge in [-0.3, -0.25) is 4.79 Å². The minimum absolute atomic E-state index is 0.0282. The Hall–Kier alpha value is -1.56. The number of ether oxygens (including phenoxy) is 2. The van der Waals surface area contributed by atoms with Crippen LogP contribution >= 0.6 is 0 Å². The zero-order chi connectivity index (χ0) is 13.9. The Morgan fingerprint density at radius 1 is 1.37 bits per heavy atom. The summed E-state index contributed by atoms with van der Waals surface area (Å²) in [6.45, 7) is 0.892. The van der Waals surface area contributed by atoms with Gasteiger partial charge in [0.05, 0.1) is 12.2 Å². The molecule has 1 heterocycles. The third-order valence-electron chi connectivity index (χ3n) is 2.86. The molecule has 6 heteroatoms. The number of rotatable bonds is 3. The zero-order valence-electron chi connectivity index (χ0n) is 10.1. The molecular weight excluding hydrogens is 261 g/mol. The van der Waals surface area contributed by atoms with E-state index in [0.717, 1.165) is 12.5 Å². The van der Waals surface area contributed by atoms with Crippen molar-refractivity contribution in [2.24, 2.45) is 0 Å². The van der Waals surface area contributed by atoms with Gasteiger partial charge in [0.1, 0.15) is 18.1 Å². The van der Waals surface area contributed by atoms with Crippen molar-refractivity contribution >= 4 is 6.29 Å². The molecule has 19 heavy (non-hydrogen) atoms. The molecule has 3 nitrogen and oxygen atoms in total. The normalized spacial score (nSPS) is 20.1. The number of hydrogen-bond donors (Lipinski definition) is 0. The lowest BCUT2D eigenvalue weighted by Crippen LogP contribution is -2.28. The summed E-state index contributed by atoms with van der Waals surface area (Å²) in [6, 6.07) is 3.29. The summed E-state index contributed by atoms with van der Waals surface area (Å²) >= 11 is 0. The zero-order valence-corrected chi connectivity index (χ0v) is 10.1. The lowest BCUT2D eigenvalue weighted by atomic mass is 10.1. The van der Waals surface area contributed by atoms with E-state index >= 15 is 0 Å². The molecule has 0 N–H and O–H groups in total. The number of hydrogen-bond acceptors (Lipinski definition) is 3. The van der Waals surface area contributed by atoms with Crippen molar-refractivity contribution in [2.75, 3.05) is 13.2 Å². The van der Waals surface area contributed by atoms with Crippen LogP contribution in [-0.2, 0) is 10.9 Å². The maximum Gasteiger partial charge on any atom is 0.419 e. The van der Waals surface area contributed by atoms with E-state index in [0.29, 0.717) is 19.3 Å². The Balaban J connectivity index is 2.25. The Labute approximate surface area is 108 Å². The van der Waals surface area contributed by atoms with Gasteiger partial charge in [0.25, 0.3) is 0 Å². The molecule has 1 aliphatic heterocycles. The molecule has 0 amide bonds. The lowest BCUT2D eigenvalue weighted by molar-refractivity contribution is -0.139. The Morgan fingerprint density at radius 3 is 2.74 bits per heavy atom. The first-order valence-electron chi connectivity index (χ1n) is 5.91. The SMILES string of the molecule is O=Cc1ccc(OC2CCCOC2)c(C(F)(F)F)c1. The van der Waals surface area contributed by atoms with Crippen molar-refractivity contribution in [1.29, 1.82) is 0 Å². The second-order valence-electron chi connectivity index (χ2n) is 4.33. The number of halogens is 3. The first-order chi connectivity index (χ1) is 9.00. The summed E-state index contributed by atoms with van der Waals surface area (Å²) in [7, 11) is 0. The molecule has 1 aromatic rings. The second-order valence-corrected chi connectivity index (χ2v) is 4.33. The number of carbonyl (C=O) groups is 1. The van der Waals surface area contributed by atoms with Crippen molar-refractivity contribution < 1.29 is 27.4 Å². The minimum Gasteiger partial charge on any atom is -0.487 e. The van der Waals surface area contributed by atoms with Crippen LogP contribution in [0.25, 0.3) is 0 Å². The van der Waals surface area contributed by atoms with E-state index in [4.69, 9.17) is 9.47 Å². The van der Waals surface area contributed by atoms with Gasteiger partial charge < -0.3 is 9.47 Å². The average Bonchev–Trinajstić information content (AvgIpc) is 2.39. The molecule has 1 saturated heterocycles. The Morgan fingerprint density at radius 2 is 2.16 bits per heavy atom. The topological polar surface area (TPSA) is 35.5 Å². The summed E-state index contributed by atoms with van der Waals surface area (Å²) in [5.41, 5.74) is -0.956. The van der Waals surface area contributed by atoms with Crippen molar-refractivity contribution in [2.45, 2.75) is 25.1 Å². The molecule has 1 atom stereocenters. The predicted octanol–water partition coefficient (Wildman–Crippen LogP) is 3.08. The van der Waals surface area contributed by atoms with Crippen LogP contribution in [0.2, 0.25) is 0 Å². The smallest absolute Gasteiger partial charge is 0.419 e. The molecule has 0 spiro atoms. The standard InChI is InChI=1S/C13H13F3O3/c14-13(15,16)11-6-9(7-17)3-4-12(11)19-10-2-1-5-18-8-10/h3-4,6-7,10H,1-2,5,8H2. The highest BCUT2D eigenvalue weighted by atomic mass is 19.4. The van der Waals surface area contributed by atoms with Gasteiger partial charge in [0.15, 0.2) is 0 Å². The first-order valence-corrected chi connectivity index (χ1v) is 5.91. The van der Waals surface area contributed by atoms with E-state index in [2.05, 4.69) is 0 Å². The van der Waals surface area contributed by atoms with E-state index in [1.54, 1.807) is 0 Å². The number of carbonyl (C=O) groups excluding carboxylic acids is 1. The third-order valence-corrected chi connectivity index (χ3v) is 2.86. The highest BCUT2D eigenvalue weighted by Crippen LogP contribution is 2.37. The molecule has 0 saturated carbocycles. The molecular formula is C13H13F3O3. The number of aldehydes is 1. The summed E-state index contributed by atoms with van der Waals surface area (Å²) in [5, 5.41) is 0. The van der Waals surface area contributed by atoms with Gasteiger partial charge in [-0.15, -0.1) is 0 Å². The van der Waals surface area contributed by atoms with Crippen LogP contribution in [0.15, 0.2) is 18.2 Å². The van der Waals surface area contributed by atoms with Crippen LogP contribution in [0.1, 0.15) is 28.8 Å². The second kappa shape index (κ2) is 5.61. The summed E-state index contributed by atoms with van der Waals surface area (Å²) in [4.78, 5) is 10.6. The van der Waals surface area contributed by atoms with Crippen LogP contribution in [-0.4, -0.2) is 25.6 Å². The van der Waals surface area contributed by atoms with Crippen molar-refractivity contribution in [3.8, 4) is 5.75 Å². The summed E-state index contributed by atoms with van der Waals surface area (Å²) in [5.74, 6) is -0.256. The predicted molar refractivity (Wildman–Crippen MR) is 61.3 cm³/mol. The summed E-state index contributed by atoms with van der Waals surface area (Å²) in [6.07, 6.45) is -3.13. The fourth-order valence-corrected chi connectivity index (χ4v) is 1.93. The minimum atomic E-state index is -4.55. The van der Waals surface area contributed by atoms with Crippen LogP contribution in [0.5, 0.6) is 5.75 Å². The molecule has 1 aromatic carbocycles. The van der Waals surface area contributed by atoms with E-state index in [1.165, 1.54) is 12.1 Å². The fourth-order valence-electron chi connectivity index (χ4n) is 1.93. The molecule has 1 fully saturated rings. The van der Waals surface area contributed by atoms with Gasteiger partial charge in [-0.1, -0.05) is 0 Å². The molecule has 1 unspecified atom stereocenters. The number of alkyl halides is 3. The van der Waals surface area contributed by atoms with E-state index in [1.807, 2.05) is 0 Å². The fraction of sp³-hybridized carbons (Fsp3) is 0.462. The molecule has 1 aliphatic rings. The van der Waals surface area contributed by atoms with Gasteiger partial charge in [-0.25, -0.2) is 0 Å². The molecule has 0 aromatic heterocycles.